The SMILES string of the molecule is CCC1NC(C)N(C2CCC(C)CC2C)C1=O. The molecule has 2 aliphatic rings. The van der Waals surface area contributed by atoms with E-state index in [9.17, 15) is 4.79 Å². The number of hydrogen-bond acceptors (Lipinski definition) is 2. The molecule has 1 aliphatic carbocycles. The number of hydrogen-bond donors (Lipinski definition) is 1. The van der Waals surface area contributed by atoms with Gasteiger partial charge in [-0.2, -0.15) is 0 Å². The molecule has 1 amide bonds. The van der Waals surface area contributed by atoms with Gasteiger partial charge >= 0.3 is 0 Å². The summed E-state index contributed by atoms with van der Waals surface area (Å²) in [7, 11) is 0. The molecule has 0 radical (unpaired) electrons. The van der Waals surface area contributed by atoms with Crippen LogP contribution >= 0.6 is 0 Å². The molecule has 1 N–H and O–H groups in total. The Kier molecular flexibility index (Phi) is 3.76. The third-order valence-electron chi connectivity index (χ3n) is 4.56. The van der Waals surface area contributed by atoms with Crippen molar-refractivity contribution in [3.8, 4) is 0 Å². The molecule has 0 bridgehead atoms. The van der Waals surface area contributed by atoms with E-state index >= 15 is 0 Å². The summed E-state index contributed by atoms with van der Waals surface area (Å²) in [4.78, 5) is 14.5. The van der Waals surface area contributed by atoms with Crippen molar-refractivity contribution >= 4 is 5.91 Å². The van der Waals surface area contributed by atoms with Gasteiger partial charge in [0.15, 0.2) is 0 Å². The van der Waals surface area contributed by atoms with Crippen molar-refractivity contribution in [2.45, 2.75) is 71.6 Å². The predicted molar refractivity (Wildman–Crippen MR) is 69.5 cm³/mol. The van der Waals surface area contributed by atoms with Crippen LogP contribution in [-0.2, 0) is 4.79 Å². The van der Waals surface area contributed by atoms with Crippen LogP contribution in [0.25, 0.3) is 0 Å². The van der Waals surface area contributed by atoms with Gasteiger partial charge in [-0.15, -0.1) is 0 Å². The summed E-state index contributed by atoms with van der Waals surface area (Å²) in [5, 5.41) is 3.41. The van der Waals surface area contributed by atoms with Gasteiger partial charge in [-0.1, -0.05) is 20.8 Å². The van der Waals surface area contributed by atoms with E-state index in [0.29, 0.717) is 17.9 Å². The maximum absolute atomic E-state index is 12.3. The second-order valence-corrected chi connectivity index (χ2v) is 6.01. The Labute approximate surface area is 105 Å². The number of amides is 1. The summed E-state index contributed by atoms with van der Waals surface area (Å²) in [6, 6.07) is 0.509. The fraction of sp³-hybridized carbons (Fsp3) is 0.929. The summed E-state index contributed by atoms with van der Waals surface area (Å²) in [6.07, 6.45) is 4.82. The minimum Gasteiger partial charge on any atom is -0.323 e. The molecule has 0 aromatic carbocycles. The van der Waals surface area contributed by atoms with Crippen LogP contribution in [0.2, 0.25) is 0 Å². The van der Waals surface area contributed by atoms with Crippen molar-refractivity contribution in [1.29, 1.82) is 0 Å². The third kappa shape index (κ3) is 2.35. The highest BCUT2D eigenvalue weighted by Crippen LogP contribution is 2.34. The second kappa shape index (κ2) is 4.97. The molecule has 3 nitrogen and oxygen atoms in total. The van der Waals surface area contributed by atoms with Gasteiger partial charge in [-0.25, -0.2) is 0 Å². The predicted octanol–water partition coefficient (Wildman–Crippen LogP) is 2.37. The first-order valence-corrected chi connectivity index (χ1v) is 7.12. The van der Waals surface area contributed by atoms with Gasteiger partial charge in [-0.05, 0) is 44.4 Å². The van der Waals surface area contributed by atoms with Gasteiger partial charge in [0, 0.05) is 6.04 Å². The quantitative estimate of drug-likeness (QED) is 0.801. The van der Waals surface area contributed by atoms with Gasteiger partial charge in [-0.3, -0.25) is 10.1 Å². The topological polar surface area (TPSA) is 32.3 Å². The zero-order chi connectivity index (χ0) is 12.6. The lowest BCUT2D eigenvalue weighted by molar-refractivity contribution is -0.134. The second-order valence-electron chi connectivity index (χ2n) is 6.01. The number of rotatable bonds is 2. The number of nitrogens with one attached hydrogen (secondary N) is 1. The largest absolute Gasteiger partial charge is 0.323 e. The van der Waals surface area contributed by atoms with Crippen LogP contribution in [0.15, 0.2) is 0 Å². The van der Waals surface area contributed by atoms with Crippen LogP contribution in [0.5, 0.6) is 0 Å². The Balaban J connectivity index is 2.09. The molecular weight excluding hydrogens is 212 g/mol. The molecule has 1 heterocycles. The molecule has 0 spiro atoms. The van der Waals surface area contributed by atoms with Crippen LogP contribution in [0.3, 0.4) is 0 Å². The molecule has 5 unspecified atom stereocenters. The molecule has 2 rings (SSSR count). The monoisotopic (exact) mass is 238 g/mol. The Bertz CT molecular complexity index is 292. The molecule has 1 saturated carbocycles. The average molecular weight is 238 g/mol. The molecule has 17 heavy (non-hydrogen) atoms. The molecule has 98 valence electrons. The van der Waals surface area contributed by atoms with Crippen LogP contribution in [-0.4, -0.2) is 29.1 Å². The van der Waals surface area contributed by atoms with Crippen molar-refractivity contribution in [2.75, 3.05) is 0 Å². The van der Waals surface area contributed by atoms with E-state index in [1.54, 1.807) is 0 Å². The van der Waals surface area contributed by atoms with Crippen molar-refractivity contribution in [3.63, 3.8) is 0 Å². The molecule has 2 fully saturated rings. The maximum Gasteiger partial charge on any atom is 0.241 e. The first-order chi connectivity index (χ1) is 8.04. The Morgan fingerprint density at radius 3 is 2.53 bits per heavy atom. The number of carbonyl (C=O) groups is 1. The van der Waals surface area contributed by atoms with E-state index < -0.39 is 0 Å². The van der Waals surface area contributed by atoms with Crippen molar-refractivity contribution < 1.29 is 4.79 Å². The Morgan fingerprint density at radius 1 is 1.29 bits per heavy atom. The van der Waals surface area contributed by atoms with Crippen LogP contribution in [0, 0.1) is 11.8 Å². The molecule has 1 aliphatic heterocycles. The van der Waals surface area contributed by atoms with Gasteiger partial charge in [0.25, 0.3) is 0 Å². The first kappa shape index (κ1) is 12.9. The molecule has 3 heteroatoms. The lowest BCUT2D eigenvalue weighted by Crippen LogP contribution is -2.48. The van der Waals surface area contributed by atoms with Crippen LogP contribution in [0.4, 0.5) is 0 Å². The fourth-order valence-corrected chi connectivity index (χ4v) is 3.62. The normalized spacial score (nSPS) is 43.2. The first-order valence-electron chi connectivity index (χ1n) is 7.12. The van der Waals surface area contributed by atoms with E-state index in [0.717, 1.165) is 12.3 Å². The van der Waals surface area contributed by atoms with E-state index in [-0.39, 0.29) is 12.2 Å². The minimum absolute atomic E-state index is 0.0524. The summed E-state index contributed by atoms with van der Waals surface area (Å²) in [5.74, 6) is 1.79. The standard InChI is InChI=1S/C14H26N2O/c1-5-12-14(17)16(11(4)15-12)13-7-6-9(2)8-10(13)3/h9-13,15H,5-8H2,1-4H3. The van der Waals surface area contributed by atoms with E-state index in [4.69, 9.17) is 0 Å². The minimum atomic E-state index is 0.0524. The highest BCUT2D eigenvalue weighted by atomic mass is 16.2. The van der Waals surface area contributed by atoms with Gasteiger partial charge in [0.1, 0.15) is 0 Å². The van der Waals surface area contributed by atoms with Crippen LogP contribution in [0.1, 0.15) is 53.4 Å². The Hall–Kier alpha value is -0.570. The van der Waals surface area contributed by atoms with Crippen LogP contribution < -0.4 is 5.32 Å². The molecule has 0 aromatic rings. The molecule has 1 saturated heterocycles. The summed E-state index contributed by atoms with van der Waals surface area (Å²) >= 11 is 0. The summed E-state index contributed by atoms with van der Waals surface area (Å²) < 4.78 is 0. The Morgan fingerprint density at radius 2 is 2.00 bits per heavy atom. The van der Waals surface area contributed by atoms with Gasteiger partial charge in [0.05, 0.1) is 12.2 Å². The number of nitrogens with zero attached hydrogens (tertiary/aromatic N) is 1. The maximum atomic E-state index is 12.3. The average Bonchev–Trinajstić information content (AvgIpc) is 2.55. The van der Waals surface area contributed by atoms with Crippen molar-refractivity contribution in [2.24, 2.45) is 11.8 Å². The zero-order valence-electron chi connectivity index (χ0n) is 11.6. The molecule has 0 aromatic heterocycles. The summed E-state index contributed by atoms with van der Waals surface area (Å²) in [5.41, 5.74) is 0. The van der Waals surface area contributed by atoms with E-state index in [2.05, 4.69) is 37.9 Å². The van der Waals surface area contributed by atoms with E-state index in [1.165, 1.54) is 19.3 Å². The summed E-state index contributed by atoms with van der Waals surface area (Å²) in [6.45, 7) is 8.84. The smallest absolute Gasteiger partial charge is 0.241 e. The van der Waals surface area contributed by atoms with Crippen molar-refractivity contribution in [1.82, 2.24) is 10.2 Å². The molecular formula is C14H26N2O. The van der Waals surface area contributed by atoms with E-state index in [1.807, 2.05) is 0 Å². The highest BCUT2D eigenvalue weighted by molar-refractivity contribution is 5.84. The van der Waals surface area contributed by atoms with Crippen molar-refractivity contribution in [3.05, 3.63) is 0 Å². The van der Waals surface area contributed by atoms with Gasteiger partial charge < -0.3 is 4.90 Å². The highest BCUT2D eigenvalue weighted by Gasteiger charge is 2.42. The van der Waals surface area contributed by atoms with Gasteiger partial charge in [0.2, 0.25) is 5.91 Å². The zero-order valence-corrected chi connectivity index (χ0v) is 11.6. The lowest BCUT2D eigenvalue weighted by atomic mass is 9.79. The fourth-order valence-electron chi connectivity index (χ4n) is 3.62. The third-order valence-corrected chi connectivity index (χ3v) is 4.56. The molecule has 5 atom stereocenters. The number of carbonyl (C=O) groups excluding carboxylic acids is 1. The lowest BCUT2D eigenvalue weighted by Gasteiger charge is -2.40.